The van der Waals surface area contributed by atoms with Crippen molar-refractivity contribution in [2.24, 2.45) is 11.1 Å². The Hall–Kier alpha value is -1.22. The Labute approximate surface area is 109 Å². The van der Waals surface area contributed by atoms with E-state index < -0.39 is 0 Å². The molecule has 2 rings (SSSR count). The highest BCUT2D eigenvalue weighted by atomic mass is 16.5. The van der Waals surface area contributed by atoms with E-state index in [2.05, 4.69) is 13.8 Å². The van der Waals surface area contributed by atoms with Gasteiger partial charge < -0.3 is 15.2 Å². The van der Waals surface area contributed by atoms with E-state index in [1.165, 1.54) is 0 Å². The average Bonchev–Trinajstić information content (AvgIpc) is 2.39. The summed E-state index contributed by atoms with van der Waals surface area (Å²) < 4.78 is 11.7. The zero-order valence-corrected chi connectivity index (χ0v) is 11.5. The van der Waals surface area contributed by atoms with Gasteiger partial charge in [-0.3, -0.25) is 0 Å². The van der Waals surface area contributed by atoms with Crippen LogP contribution < -0.4 is 15.2 Å². The van der Waals surface area contributed by atoms with Gasteiger partial charge in [0.15, 0.2) is 11.5 Å². The molecule has 3 unspecified atom stereocenters. The molecule has 0 aromatic heterocycles. The lowest BCUT2D eigenvalue weighted by Crippen LogP contribution is -2.61. The first-order valence-electron chi connectivity index (χ1n) is 6.75. The largest absolute Gasteiger partial charge is 0.490 e. The quantitative estimate of drug-likeness (QED) is 0.872. The van der Waals surface area contributed by atoms with Gasteiger partial charge in [0.2, 0.25) is 0 Å². The standard InChI is InChI=1S/C15H23NO2/c1-4-15(3)13(16)10-14(15)18-12-9-7-6-8-11(12)17-5-2/h6-9,13-14H,4-5,10,16H2,1-3H3. The van der Waals surface area contributed by atoms with Gasteiger partial charge in [-0.25, -0.2) is 0 Å². The van der Waals surface area contributed by atoms with Gasteiger partial charge in [-0.15, -0.1) is 0 Å². The molecule has 0 bridgehead atoms. The molecule has 1 aliphatic rings. The Bertz CT molecular complexity index is 407. The first kappa shape index (κ1) is 13.2. The van der Waals surface area contributed by atoms with Crippen molar-refractivity contribution in [3.8, 4) is 11.5 Å². The topological polar surface area (TPSA) is 44.5 Å². The minimum absolute atomic E-state index is 0.0827. The fourth-order valence-corrected chi connectivity index (χ4v) is 2.50. The molecule has 0 amide bonds. The van der Waals surface area contributed by atoms with Crippen molar-refractivity contribution in [3.05, 3.63) is 24.3 Å². The molecule has 3 heteroatoms. The molecule has 1 fully saturated rings. The Morgan fingerprint density at radius 3 is 2.50 bits per heavy atom. The second-order valence-corrected chi connectivity index (χ2v) is 5.19. The zero-order valence-electron chi connectivity index (χ0n) is 11.5. The van der Waals surface area contributed by atoms with Crippen LogP contribution in [0.1, 0.15) is 33.6 Å². The van der Waals surface area contributed by atoms with Gasteiger partial charge >= 0.3 is 0 Å². The number of para-hydroxylation sites is 2. The molecule has 2 N–H and O–H groups in total. The van der Waals surface area contributed by atoms with E-state index in [9.17, 15) is 0 Å². The summed E-state index contributed by atoms with van der Waals surface area (Å²) >= 11 is 0. The van der Waals surface area contributed by atoms with Gasteiger partial charge in [-0.1, -0.05) is 26.0 Å². The van der Waals surface area contributed by atoms with Crippen LogP contribution in [0.3, 0.4) is 0 Å². The Morgan fingerprint density at radius 2 is 1.94 bits per heavy atom. The average molecular weight is 249 g/mol. The summed E-state index contributed by atoms with van der Waals surface area (Å²) in [6, 6.07) is 8.08. The molecule has 1 aromatic rings. The van der Waals surface area contributed by atoms with E-state index in [0.29, 0.717) is 6.61 Å². The van der Waals surface area contributed by atoms with E-state index in [4.69, 9.17) is 15.2 Å². The summed E-state index contributed by atoms with van der Waals surface area (Å²) in [5.41, 5.74) is 6.18. The van der Waals surface area contributed by atoms with Crippen LogP contribution in [0.4, 0.5) is 0 Å². The summed E-state index contributed by atoms with van der Waals surface area (Å²) in [5, 5.41) is 0. The van der Waals surface area contributed by atoms with E-state index in [1.54, 1.807) is 0 Å². The fourth-order valence-electron chi connectivity index (χ4n) is 2.50. The molecule has 1 saturated carbocycles. The van der Waals surface area contributed by atoms with Crippen LogP contribution in [0.2, 0.25) is 0 Å². The van der Waals surface area contributed by atoms with Crippen LogP contribution >= 0.6 is 0 Å². The predicted molar refractivity (Wildman–Crippen MR) is 73.0 cm³/mol. The maximum atomic E-state index is 6.11. The van der Waals surface area contributed by atoms with Gasteiger partial charge in [0.25, 0.3) is 0 Å². The highest BCUT2D eigenvalue weighted by Gasteiger charge is 2.50. The summed E-state index contributed by atoms with van der Waals surface area (Å²) in [6.07, 6.45) is 2.15. The third-order valence-electron chi connectivity index (χ3n) is 4.23. The van der Waals surface area contributed by atoms with Gasteiger partial charge in [0.05, 0.1) is 6.61 Å². The summed E-state index contributed by atoms with van der Waals surface area (Å²) in [6.45, 7) is 7.00. The molecule has 18 heavy (non-hydrogen) atoms. The third-order valence-corrected chi connectivity index (χ3v) is 4.23. The van der Waals surface area contributed by atoms with Crippen LogP contribution in [-0.2, 0) is 0 Å². The van der Waals surface area contributed by atoms with Crippen molar-refractivity contribution in [1.29, 1.82) is 0 Å². The normalized spacial score (nSPS) is 30.7. The SMILES string of the molecule is CCOc1ccccc1OC1CC(N)C1(C)CC. The van der Waals surface area contributed by atoms with Crippen molar-refractivity contribution in [3.63, 3.8) is 0 Å². The van der Waals surface area contributed by atoms with Crippen molar-refractivity contribution in [2.75, 3.05) is 6.61 Å². The molecular weight excluding hydrogens is 226 g/mol. The zero-order chi connectivity index (χ0) is 13.2. The second kappa shape index (κ2) is 5.19. The lowest BCUT2D eigenvalue weighted by atomic mass is 9.62. The summed E-state index contributed by atoms with van der Waals surface area (Å²) in [5.74, 6) is 1.65. The smallest absolute Gasteiger partial charge is 0.161 e. The highest BCUT2D eigenvalue weighted by Crippen LogP contribution is 2.45. The lowest BCUT2D eigenvalue weighted by molar-refractivity contribution is -0.0571. The minimum Gasteiger partial charge on any atom is -0.490 e. The Balaban J connectivity index is 2.11. The molecular formula is C15H23NO2. The van der Waals surface area contributed by atoms with Crippen LogP contribution in [0.5, 0.6) is 11.5 Å². The molecule has 100 valence electrons. The molecule has 0 spiro atoms. The first-order valence-corrected chi connectivity index (χ1v) is 6.75. The predicted octanol–water partition coefficient (Wildman–Crippen LogP) is 2.98. The molecule has 1 aliphatic carbocycles. The van der Waals surface area contributed by atoms with Gasteiger partial charge in [0.1, 0.15) is 6.10 Å². The summed E-state index contributed by atoms with van der Waals surface area (Å²) in [7, 11) is 0. The number of hydrogen-bond donors (Lipinski definition) is 1. The molecule has 1 aromatic carbocycles. The maximum Gasteiger partial charge on any atom is 0.161 e. The number of benzene rings is 1. The molecule has 0 saturated heterocycles. The number of nitrogens with two attached hydrogens (primary N) is 1. The fraction of sp³-hybridized carbons (Fsp3) is 0.600. The Morgan fingerprint density at radius 1 is 1.28 bits per heavy atom. The molecule has 0 heterocycles. The van der Waals surface area contributed by atoms with Crippen molar-refractivity contribution in [1.82, 2.24) is 0 Å². The maximum absolute atomic E-state index is 6.11. The first-order chi connectivity index (χ1) is 8.61. The van der Waals surface area contributed by atoms with Crippen LogP contribution in [-0.4, -0.2) is 18.8 Å². The highest BCUT2D eigenvalue weighted by molar-refractivity contribution is 5.40. The Kier molecular flexibility index (Phi) is 3.81. The number of rotatable bonds is 5. The van der Waals surface area contributed by atoms with Crippen molar-refractivity contribution < 1.29 is 9.47 Å². The van der Waals surface area contributed by atoms with Crippen molar-refractivity contribution >= 4 is 0 Å². The van der Waals surface area contributed by atoms with Crippen LogP contribution in [0.25, 0.3) is 0 Å². The van der Waals surface area contributed by atoms with E-state index in [0.717, 1.165) is 24.3 Å². The molecule has 3 atom stereocenters. The molecule has 3 nitrogen and oxygen atoms in total. The van der Waals surface area contributed by atoms with E-state index in [-0.39, 0.29) is 17.6 Å². The lowest BCUT2D eigenvalue weighted by Gasteiger charge is -2.51. The van der Waals surface area contributed by atoms with Gasteiger partial charge in [-0.2, -0.15) is 0 Å². The minimum atomic E-state index is 0.0827. The van der Waals surface area contributed by atoms with Crippen LogP contribution in [0, 0.1) is 5.41 Å². The van der Waals surface area contributed by atoms with Crippen molar-refractivity contribution in [2.45, 2.75) is 45.8 Å². The number of hydrogen-bond acceptors (Lipinski definition) is 3. The third kappa shape index (κ3) is 2.19. The van der Waals surface area contributed by atoms with Crippen LogP contribution in [0.15, 0.2) is 24.3 Å². The van der Waals surface area contributed by atoms with E-state index >= 15 is 0 Å². The van der Waals surface area contributed by atoms with Gasteiger partial charge in [-0.05, 0) is 25.5 Å². The monoisotopic (exact) mass is 249 g/mol. The van der Waals surface area contributed by atoms with Gasteiger partial charge in [0, 0.05) is 17.9 Å². The number of ether oxygens (including phenoxy) is 2. The summed E-state index contributed by atoms with van der Waals surface area (Å²) in [4.78, 5) is 0. The molecule has 0 aliphatic heterocycles. The molecule has 0 radical (unpaired) electrons. The van der Waals surface area contributed by atoms with E-state index in [1.807, 2.05) is 31.2 Å². The second-order valence-electron chi connectivity index (χ2n) is 5.19.